The zero-order chi connectivity index (χ0) is 14.1. The van der Waals surface area contributed by atoms with Gasteiger partial charge in [-0.1, -0.05) is 36.7 Å². The van der Waals surface area contributed by atoms with E-state index >= 15 is 0 Å². The van der Waals surface area contributed by atoms with Crippen LogP contribution in [0.4, 0.5) is 5.00 Å². The maximum absolute atomic E-state index is 6.36. The van der Waals surface area contributed by atoms with Crippen LogP contribution in [0.3, 0.4) is 0 Å². The number of likely N-dealkylation sites (N-methyl/N-ethyl adjacent to an activating group) is 1. The van der Waals surface area contributed by atoms with E-state index in [0.29, 0.717) is 0 Å². The first kappa shape index (κ1) is 13.7. The topological polar surface area (TPSA) is 15.6 Å². The summed E-state index contributed by atoms with van der Waals surface area (Å²) in [5.41, 5.74) is 3.29. The van der Waals surface area contributed by atoms with Crippen molar-refractivity contribution in [2.45, 2.75) is 13.3 Å². The molecule has 1 aliphatic heterocycles. The Morgan fingerprint density at radius 1 is 1.30 bits per heavy atom. The number of thiophene rings is 1. The molecular weight excluding hydrogens is 288 g/mol. The van der Waals surface area contributed by atoms with E-state index in [-0.39, 0.29) is 0 Å². The van der Waals surface area contributed by atoms with Crippen LogP contribution < -0.4 is 4.90 Å². The SMILES string of the molecule is CCc1cc2c(s1)N(C)CCN=C2c1ccccc1Cl. The molecule has 0 spiro atoms. The van der Waals surface area contributed by atoms with Gasteiger partial charge in [0.05, 0.1) is 12.3 Å². The van der Waals surface area contributed by atoms with Gasteiger partial charge in [0.15, 0.2) is 0 Å². The first-order chi connectivity index (χ1) is 9.70. The van der Waals surface area contributed by atoms with Gasteiger partial charge >= 0.3 is 0 Å². The molecular formula is C16H17ClN2S. The largest absolute Gasteiger partial charge is 0.364 e. The molecule has 3 rings (SSSR count). The van der Waals surface area contributed by atoms with Crippen LogP contribution in [0.2, 0.25) is 5.02 Å². The normalized spacial score (nSPS) is 14.8. The van der Waals surface area contributed by atoms with Crippen LogP contribution in [0.1, 0.15) is 22.9 Å². The van der Waals surface area contributed by atoms with Crippen molar-refractivity contribution in [1.29, 1.82) is 0 Å². The van der Waals surface area contributed by atoms with Crippen molar-refractivity contribution in [1.82, 2.24) is 0 Å². The van der Waals surface area contributed by atoms with Gasteiger partial charge in [-0.3, -0.25) is 4.99 Å². The molecule has 1 aromatic carbocycles. The molecule has 0 bridgehead atoms. The number of rotatable bonds is 2. The van der Waals surface area contributed by atoms with Crippen LogP contribution in [0.25, 0.3) is 0 Å². The van der Waals surface area contributed by atoms with Gasteiger partial charge in [0.25, 0.3) is 0 Å². The summed E-state index contributed by atoms with van der Waals surface area (Å²) in [6.07, 6.45) is 1.06. The molecule has 1 aliphatic rings. The van der Waals surface area contributed by atoms with E-state index in [0.717, 1.165) is 35.8 Å². The number of hydrogen-bond donors (Lipinski definition) is 0. The summed E-state index contributed by atoms with van der Waals surface area (Å²) in [6, 6.07) is 10.2. The average Bonchev–Trinajstić information content (AvgIpc) is 2.83. The van der Waals surface area contributed by atoms with Crippen LogP contribution in [0.15, 0.2) is 35.3 Å². The van der Waals surface area contributed by atoms with Gasteiger partial charge in [-0.15, -0.1) is 11.3 Å². The van der Waals surface area contributed by atoms with Crippen molar-refractivity contribution in [2.75, 3.05) is 25.0 Å². The predicted molar refractivity (Wildman–Crippen MR) is 88.9 cm³/mol. The third-order valence-electron chi connectivity index (χ3n) is 3.55. The number of halogens is 1. The fraction of sp³-hybridized carbons (Fsp3) is 0.312. The van der Waals surface area contributed by atoms with E-state index in [1.54, 1.807) is 0 Å². The molecule has 104 valence electrons. The molecule has 4 heteroatoms. The first-order valence-electron chi connectivity index (χ1n) is 6.84. The lowest BCUT2D eigenvalue weighted by Crippen LogP contribution is -2.18. The molecule has 0 saturated heterocycles. The van der Waals surface area contributed by atoms with Crippen molar-refractivity contribution in [3.8, 4) is 0 Å². The second kappa shape index (κ2) is 5.58. The Labute approximate surface area is 128 Å². The number of hydrogen-bond acceptors (Lipinski definition) is 3. The van der Waals surface area contributed by atoms with Crippen molar-refractivity contribution < 1.29 is 0 Å². The first-order valence-corrected chi connectivity index (χ1v) is 8.03. The van der Waals surface area contributed by atoms with Crippen molar-refractivity contribution in [3.05, 3.63) is 51.4 Å². The summed E-state index contributed by atoms with van der Waals surface area (Å²) < 4.78 is 0. The van der Waals surface area contributed by atoms with Gasteiger partial charge in [-0.2, -0.15) is 0 Å². The Balaban J connectivity index is 2.17. The van der Waals surface area contributed by atoms with Gasteiger partial charge in [-0.05, 0) is 18.6 Å². The average molecular weight is 305 g/mol. The molecule has 0 radical (unpaired) electrons. The maximum Gasteiger partial charge on any atom is 0.100 e. The third-order valence-corrected chi connectivity index (χ3v) is 5.27. The molecule has 20 heavy (non-hydrogen) atoms. The van der Waals surface area contributed by atoms with Crippen molar-refractivity contribution in [3.63, 3.8) is 0 Å². The van der Waals surface area contributed by atoms with Crippen LogP contribution in [-0.4, -0.2) is 25.8 Å². The molecule has 2 nitrogen and oxygen atoms in total. The summed E-state index contributed by atoms with van der Waals surface area (Å²) >= 11 is 8.23. The Hall–Kier alpha value is -1.32. The zero-order valence-corrected chi connectivity index (χ0v) is 13.3. The number of nitrogens with zero attached hydrogens (tertiary/aromatic N) is 2. The summed E-state index contributed by atoms with van der Waals surface area (Å²) in [5.74, 6) is 0. The Kier molecular flexibility index (Phi) is 3.81. The lowest BCUT2D eigenvalue weighted by atomic mass is 10.0. The molecule has 0 atom stereocenters. The van der Waals surface area contributed by atoms with E-state index in [2.05, 4.69) is 31.0 Å². The molecule has 0 fully saturated rings. The highest BCUT2D eigenvalue weighted by atomic mass is 35.5. The number of fused-ring (bicyclic) bond motifs is 1. The highest BCUT2D eigenvalue weighted by Gasteiger charge is 2.21. The van der Waals surface area contributed by atoms with Gasteiger partial charge < -0.3 is 4.90 Å². The van der Waals surface area contributed by atoms with Gasteiger partial charge in [-0.25, -0.2) is 0 Å². The van der Waals surface area contributed by atoms with Crippen LogP contribution in [0.5, 0.6) is 0 Å². The predicted octanol–water partition coefficient (Wildman–Crippen LogP) is 4.25. The summed E-state index contributed by atoms with van der Waals surface area (Å²) in [6.45, 7) is 3.95. The highest BCUT2D eigenvalue weighted by molar-refractivity contribution is 7.16. The second-order valence-electron chi connectivity index (χ2n) is 4.92. The Morgan fingerprint density at radius 2 is 2.10 bits per heavy atom. The zero-order valence-electron chi connectivity index (χ0n) is 11.7. The minimum absolute atomic E-state index is 0.769. The second-order valence-corrected chi connectivity index (χ2v) is 6.44. The van der Waals surface area contributed by atoms with Crippen molar-refractivity contribution in [2.24, 2.45) is 4.99 Å². The minimum Gasteiger partial charge on any atom is -0.364 e. The summed E-state index contributed by atoms with van der Waals surface area (Å²) in [7, 11) is 2.14. The quantitative estimate of drug-likeness (QED) is 0.810. The van der Waals surface area contributed by atoms with E-state index in [4.69, 9.17) is 16.6 Å². The maximum atomic E-state index is 6.36. The monoisotopic (exact) mass is 304 g/mol. The molecule has 2 heterocycles. The van der Waals surface area contributed by atoms with E-state index < -0.39 is 0 Å². The fourth-order valence-electron chi connectivity index (χ4n) is 2.44. The molecule has 1 aromatic heterocycles. The number of aliphatic imine (C=N–C) groups is 1. The highest BCUT2D eigenvalue weighted by Crippen LogP contribution is 2.35. The number of anilines is 1. The molecule has 0 unspecified atom stereocenters. The smallest absolute Gasteiger partial charge is 0.100 e. The van der Waals surface area contributed by atoms with Gasteiger partial charge in [0.1, 0.15) is 5.00 Å². The summed E-state index contributed by atoms with van der Waals surface area (Å²) in [4.78, 5) is 8.48. The standard InChI is InChI=1S/C16H17ClN2S/c1-3-11-10-13-15(12-6-4-5-7-14(12)17)18-8-9-19(2)16(13)20-11/h4-7,10H,3,8-9H2,1-2H3. The van der Waals surface area contributed by atoms with Gasteiger partial charge in [0.2, 0.25) is 0 Å². The van der Waals surface area contributed by atoms with Crippen LogP contribution >= 0.6 is 22.9 Å². The van der Waals surface area contributed by atoms with E-state index in [1.807, 2.05) is 29.5 Å². The van der Waals surface area contributed by atoms with Gasteiger partial charge in [0, 0.05) is 34.6 Å². The molecule has 0 aliphatic carbocycles. The van der Waals surface area contributed by atoms with Crippen LogP contribution in [-0.2, 0) is 6.42 Å². The lowest BCUT2D eigenvalue weighted by molar-refractivity contribution is 0.904. The fourth-order valence-corrected chi connectivity index (χ4v) is 3.75. The lowest BCUT2D eigenvalue weighted by Gasteiger charge is -2.15. The summed E-state index contributed by atoms with van der Waals surface area (Å²) in [5, 5.41) is 2.07. The van der Waals surface area contributed by atoms with E-state index in [1.165, 1.54) is 15.4 Å². The molecule has 2 aromatic rings. The number of aryl methyl sites for hydroxylation is 1. The van der Waals surface area contributed by atoms with E-state index in [9.17, 15) is 0 Å². The Morgan fingerprint density at radius 3 is 2.85 bits per heavy atom. The minimum atomic E-state index is 0.769. The number of benzene rings is 1. The van der Waals surface area contributed by atoms with Crippen LogP contribution in [0, 0.1) is 0 Å². The molecule has 0 saturated carbocycles. The third kappa shape index (κ3) is 2.36. The van der Waals surface area contributed by atoms with Crippen molar-refractivity contribution >= 4 is 33.7 Å². The molecule has 0 N–H and O–H groups in total. The Bertz CT molecular complexity index is 660. The molecule has 0 amide bonds.